The highest BCUT2D eigenvalue weighted by Crippen LogP contribution is 2.29. The summed E-state index contributed by atoms with van der Waals surface area (Å²) in [6.07, 6.45) is 0.0721. The van der Waals surface area contributed by atoms with Crippen LogP contribution < -0.4 is 15.8 Å². The van der Waals surface area contributed by atoms with E-state index in [2.05, 4.69) is 15.8 Å². The molecule has 0 spiro atoms. The summed E-state index contributed by atoms with van der Waals surface area (Å²) in [5.74, 6) is -0.571. The van der Waals surface area contributed by atoms with Crippen LogP contribution in [0.5, 0.6) is 0 Å². The third-order valence-corrected chi connectivity index (χ3v) is 5.39. The van der Waals surface area contributed by atoms with Gasteiger partial charge < -0.3 is 0 Å². The van der Waals surface area contributed by atoms with Crippen molar-refractivity contribution in [1.29, 1.82) is 0 Å². The number of para-hydroxylation sites is 1. The second kappa shape index (κ2) is 6.68. The fourth-order valence-corrected chi connectivity index (χ4v) is 3.89. The van der Waals surface area contributed by atoms with Crippen molar-refractivity contribution < 1.29 is 9.59 Å². The number of aromatic nitrogens is 1. The Balaban J connectivity index is 1.51. The molecule has 1 aromatic heterocycles. The highest BCUT2D eigenvalue weighted by Gasteiger charge is 2.40. The molecular formula is C18H15ClN4O2S. The van der Waals surface area contributed by atoms with Gasteiger partial charge in [0.1, 0.15) is 6.04 Å². The third kappa shape index (κ3) is 3.05. The second-order valence-electron chi connectivity index (χ2n) is 6.01. The first-order valence-electron chi connectivity index (χ1n) is 8.03. The number of anilines is 2. The Kier molecular flexibility index (Phi) is 4.36. The number of benzene rings is 2. The van der Waals surface area contributed by atoms with Crippen molar-refractivity contribution in [3.05, 3.63) is 53.1 Å². The fourth-order valence-electron chi connectivity index (χ4n) is 2.90. The fraction of sp³-hybridized carbons (Fsp3) is 0.167. The Hall–Kier alpha value is -2.48. The Labute approximate surface area is 158 Å². The number of carbonyl (C=O) groups is 2. The van der Waals surface area contributed by atoms with E-state index in [9.17, 15) is 9.59 Å². The van der Waals surface area contributed by atoms with Crippen LogP contribution in [0.3, 0.4) is 0 Å². The predicted molar refractivity (Wildman–Crippen MR) is 103 cm³/mol. The van der Waals surface area contributed by atoms with Crippen LogP contribution in [0.1, 0.15) is 12.0 Å². The maximum absolute atomic E-state index is 12.7. The van der Waals surface area contributed by atoms with E-state index in [1.807, 2.05) is 31.2 Å². The molecule has 4 rings (SSSR count). The summed E-state index contributed by atoms with van der Waals surface area (Å²) < 4.78 is 1.04. The molecule has 1 aliphatic rings. The van der Waals surface area contributed by atoms with Crippen LogP contribution in [0.25, 0.3) is 10.2 Å². The maximum Gasteiger partial charge on any atom is 0.253 e. The Morgan fingerprint density at radius 3 is 2.85 bits per heavy atom. The Morgan fingerprint density at radius 1 is 1.23 bits per heavy atom. The van der Waals surface area contributed by atoms with Crippen LogP contribution in [0.2, 0.25) is 5.02 Å². The van der Waals surface area contributed by atoms with Crippen LogP contribution >= 0.6 is 22.9 Å². The molecule has 3 aromatic rings. The lowest BCUT2D eigenvalue weighted by Crippen LogP contribution is -2.41. The van der Waals surface area contributed by atoms with Gasteiger partial charge in [-0.2, -0.15) is 0 Å². The molecule has 6 nitrogen and oxygen atoms in total. The Bertz CT molecular complexity index is 986. The van der Waals surface area contributed by atoms with Crippen molar-refractivity contribution in [2.75, 3.05) is 10.3 Å². The number of imide groups is 1. The summed E-state index contributed by atoms with van der Waals surface area (Å²) in [7, 11) is 0. The number of halogens is 1. The highest BCUT2D eigenvalue weighted by atomic mass is 35.5. The molecule has 0 saturated carbocycles. The van der Waals surface area contributed by atoms with E-state index >= 15 is 0 Å². The summed E-state index contributed by atoms with van der Waals surface area (Å²) in [5, 5.41) is 1.12. The monoisotopic (exact) mass is 386 g/mol. The molecule has 1 atom stereocenters. The van der Waals surface area contributed by atoms with Crippen molar-refractivity contribution in [2.45, 2.75) is 19.4 Å². The maximum atomic E-state index is 12.7. The lowest BCUT2D eigenvalue weighted by atomic mass is 10.2. The third-order valence-electron chi connectivity index (χ3n) is 4.21. The van der Waals surface area contributed by atoms with Crippen molar-refractivity contribution in [3.8, 4) is 0 Å². The zero-order chi connectivity index (χ0) is 18.3. The van der Waals surface area contributed by atoms with Gasteiger partial charge in [-0.1, -0.05) is 41.1 Å². The molecule has 0 radical (unpaired) electrons. The van der Waals surface area contributed by atoms with Gasteiger partial charge in [0, 0.05) is 5.02 Å². The number of hydrogen-bond donors (Lipinski definition) is 2. The molecule has 1 fully saturated rings. The number of rotatable bonds is 4. The first-order chi connectivity index (χ1) is 12.5. The van der Waals surface area contributed by atoms with Gasteiger partial charge in [-0.25, -0.2) is 15.3 Å². The molecular weight excluding hydrogens is 372 g/mol. The number of hydrazine groups is 1. The lowest BCUT2D eigenvalue weighted by Gasteiger charge is -2.18. The van der Waals surface area contributed by atoms with E-state index in [0.29, 0.717) is 15.8 Å². The van der Waals surface area contributed by atoms with Gasteiger partial charge in [0.15, 0.2) is 5.13 Å². The molecule has 1 unspecified atom stereocenters. The van der Waals surface area contributed by atoms with Gasteiger partial charge in [-0.05, 0) is 36.8 Å². The molecule has 2 N–H and O–H groups in total. The number of thiazole rings is 1. The molecule has 132 valence electrons. The summed E-state index contributed by atoms with van der Waals surface area (Å²) in [5.41, 5.74) is 8.10. The van der Waals surface area contributed by atoms with Crippen LogP contribution in [0, 0.1) is 6.92 Å². The smallest absolute Gasteiger partial charge is 0.253 e. The normalized spacial score (nSPS) is 17.3. The van der Waals surface area contributed by atoms with Crippen molar-refractivity contribution in [1.82, 2.24) is 10.4 Å². The molecule has 1 saturated heterocycles. The quantitative estimate of drug-likeness (QED) is 0.530. The number of hydrogen-bond acceptors (Lipinski definition) is 6. The van der Waals surface area contributed by atoms with Gasteiger partial charge >= 0.3 is 0 Å². The van der Waals surface area contributed by atoms with Gasteiger partial charge in [-0.15, -0.1) is 0 Å². The predicted octanol–water partition coefficient (Wildman–Crippen LogP) is 3.51. The summed E-state index contributed by atoms with van der Waals surface area (Å²) in [6, 6.07) is 12.3. The summed E-state index contributed by atoms with van der Waals surface area (Å²) in [6.45, 7) is 1.84. The minimum atomic E-state index is -0.659. The number of nitrogens with one attached hydrogen (secondary N) is 2. The van der Waals surface area contributed by atoms with Gasteiger partial charge in [-0.3, -0.25) is 15.0 Å². The Morgan fingerprint density at radius 2 is 2.04 bits per heavy atom. The van der Waals surface area contributed by atoms with E-state index in [0.717, 1.165) is 15.8 Å². The van der Waals surface area contributed by atoms with Gasteiger partial charge in [0.25, 0.3) is 5.91 Å². The lowest BCUT2D eigenvalue weighted by molar-refractivity contribution is -0.121. The van der Waals surface area contributed by atoms with E-state index in [4.69, 9.17) is 11.6 Å². The number of carbonyl (C=O) groups excluding carboxylic acids is 2. The topological polar surface area (TPSA) is 74.3 Å². The molecule has 26 heavy (non-hydrogen) atoms. The molecule has 1 aliphatic heterocycles. The van der Waals surface area contributed by atoms with Crippen LogP contribution in [-0.2, 0) is 9.59 Å². The largest absolute Gasteiger partial charge is 0.296 e. The number of aryl methyl sites for hydroxylation is 1. The van der Waals surface area contributed by atoms with Crippen LogP contribution in [-0.4, -0.2) is 22.8 Å². The van der Waals surface area contributed by atoms with E-state index in [1.54, 1.807) is 18.2 Å². The summed E-state index contributed by atoms with van der Waals surface area (Å²) >= 11 is 7.50. The number of amides is 2. The second-order valence-corrected chi connectivity index (χ2v) is 7.48. The molecule has 0 bridgehead atoms. The minimum Gasteiger partial charge on any atom is -0.296 e. The zero-order valence-corrected chi connectivity index (χ0v) is 15.4. The number of nitrogens with zero attached hydrogens (tertiary/aromatic N) is 2. The molecule has 0 aliphatic carbocycles. The van der Waals surface area contributed by atoms with E-state index < -0.39 is 6.04 Å². The van der Waals surface area contributed by atoms with E-state index in [-0.39, 0.29) is 18.2 Å². The first-order valence-corrected chi connectivity index (χ1v) is 9.22. The summed E-state index contributed by atoms with van der Waals surface area (Å²) in [4.78, 5) is 30.7. The first kappa shape index (κ1) is 17.0. The minimum absolute atomic E-state index is 0.0721. The molecule has 2 heterocycles. The zero-order valence-electron chi connectivity index (χ0n) is 13.8. The van der Waals surface area contributed by atoms with Gasteiger partial charge in [0.05, 0.1) is 22.3 Å². The highest BCUT2D eigenvalue weighted by molar-refractivity contribution is 7.22. The van der Waals surface area contributed by atoms with Crippen molar-refractivity contribution in [3.63, 3.8) is 0 Å². The standard InChI is InChI=1S/C18H15ClN4O2S/c1-10-6-7-11(19)8-14(10)23-16(24)9-13(17(23)25)21-22-18-20-12-4-2-3-5-15(12)26-18/h2-8,13,21H,9H2,1H3,(H,20,22). The van der Waals surface area contributed by atoms with Crippen molar-refractivity contribution >= 4 is 55.8 Å². The average Bonchev–Trinajstić information content (AvgIpc) is 3.16. The van der Waals surface area contributed by atoms with E-state index in [1.165, 1.54) is 16.2 Å². The number of fused-ring (bicyclic) bond motifs is 1. The SMILES string of the molecule is Cc1ccc(Cl)cc1N1C(=O)CC(NNc2nc3ccccc3s2)C1=O. The van der Waals surface area contributed by atoms with Crippen LogP contribution in [0.4, 0.5) is 10.8 Å². The van der Waals surface area contributed by atoms with Gasteiger partial charge in [0.2, 0.25) is 5.91 Å². The molecule has 8 heteroatoms. The average molecular weight is 387 g/mol. The molecule has 2 amide bonds. The van der Waals surface area contributed by atoms with Crippen molar-refractivity contribution in [2.24, 2.45) is 0 Å². The molecule has 2 aromatic carbocycles. The van der Waals surface area contributed by atoms with Crippen LogP contribution in [0.15, 0.2) is 42.5 Å².